The van der Waals surface area contributed by atoms with E-state index < -0.39 is 6.04 Å². The van der Waals surface area contributed by atoms with Gasteiger partial charge in [-0.1, -0.05) is 35.6 Å². The highest BCUT2D eigenvalue weighted by atomic mass is 16.5. The van der Waals surface area contributed by atoms with E-state index in [4.69, 9.17) is 0 Å². The van der Waals surface area contributed by atoms with Gasteiger partial charge in [0.05, 0.1) is 20.2 Å². The molecule has 1 heterocycles. The van der Waals surface area contributed by atoms with E-state index in [1.54, 1.807) is 5.01 Å². The second-order valence-corrected chi connectivity index (χ2v) is 3.58. The lowest BCUT2D eigenvalue weighted by Crippen LogP contribution is -2.27. The standard InChI is InChI=1S/C11H13N3O2/c1-16-11(15)10-8-14(13-12-10)7-9-5-3-2-4-6-9/h2-6,10H,7-8H2,1H3. The molecule has 1 aliphatic rings. The van der Waals surface area contributed by atoms with Crippen LogP contribution in [0.25, 0.3) is 0 Å². The van der Waals surface area contributed by atoms with E-state index in [0.29, 0.717) is 13.1 Å². The molecule has 16 heavy (non-hydrogen) atoms. The number of ether oxygens (including phenoxy) is 1. The van der Waals surface area contributed by atoms with Crippen molar-refractivity contribution >= 4 is 5.97 Å². The summed E-state index contributed by atoms with van der Waals surface area (Å²) in [7, 11) is 1.36. The van der Waals surface area contributed by atoms with E-state index in [1.165, 1.54) is 7.11 Å². The Labute approximate surface area is 93.7 Å². The predicted octanol–water partition coefficient (Wildman–Crippen LogP) is 1.41. The number of nitrogens with zero attached hydrogens (tertiary/aromatic N) is 3. The molecule has 5 heteroatoms. The fourth-order valence-electron chi connectivity index (χ4n) is 1.56. The number of carbonyl (C=O) groups excluding carboxylic acids is 1. The fourth-order valence-corrected chi connectivity index (χ4v) is 1.56. The lowest BCUT2D eigenvalue weighted by atomic mass is 10.2. The van der Waals surface area contributed by atoms with Gasteiger partial charge in [-0.15, -0.1) is 0 Å². The van der Waals surface area contributed by atoms with Crippen LogP contribution in [0.5, 0.6) is 0 Å². The monoisotopic (exact) mass is 219 g/mol. The third kappa shape index (κ3) is 2.36. The van der Waals surface area contributed by atoms with Gasteiger partial charge in [0, 0.05) is 0 Å². The summed E-state index contributed by atoms with van der Waals surface area (Å²) in [6.07, 6.45) is 0. The first-order valence-electron chi connectivity index (χ1n) is 5.07. The number of esters is 1. The highest BCUT2D eigenvalue weighted by Crippen LogP contribution is 2.13. The fraction of sp³-hybridized carbons (Fsp3) is 0.364. The van der Waals surface area contributed by atoms with Gasteiger partial charge in [0.2, 0.25) is 0 Å². The first-order chi connectivity index (χ1) is 7.79. The van der Waals surface area contributed by atoms with Crippen LogP contribution in [-0.2, 0) is 16.1 Å². The number of hydrogen-bond donors (Lipinski definition) is 0. The molecule has 84 valence electrons. The van der Waals surface area contributed by atoms with Crippen molar-refractivity contribution in [3.8, 4) is 0 Å². The van der Waals surface area contributed by atoms with E-state index in [2.05, 4.69) is 15.1 Å². The SMILES string of the molecule is COC(=O)C1CN(Cc2ccccc2)N=N1. The van der Waals surface area contributed by atoms with Crippen molar-refractivity contribution in [2.75, 3.05) is 13.7 Å². The van der Waals surface area contributed by atoms with Gasteiger partial charge in [-0.25, -0.2) is 4.79 Å². The molecule has 0 saturated carbocycles. The van der Waals surface area contributed by atoms with Crippen molar-refractivity contribution in [3.63, 3.8) is 0 Å². The molecule has 1 aliphatic heterocycles. The van der Waals surface area contributed by atoms with Crippen molar-refractivity contribution in [2.24, 2.45) is 10.3 Å². The first kappa shape index (κ1) is 10.6. The Balaban J connectivity index is 1.91. The average Bonchev–Trinajstić information content (AvgIpc) is 2.78. The molecule has 0 aromatic heterocycles. The lowest BCUT2D eigenvalue weighted by Gasteiger charge is -2.12. The number of carbonyl (C=O) groups is 1. The van der Waals surface area contributed by atoms with Crippen LogP contribution in [0.2, 0.25) is 0 Å². The molecule has 0 bridgehead atoms. The van der Waals surface area contributed by atoms with E-state index in [-0.39, 0.29) is 5.97 Å². The normalized spacial score (nSPS) is 18.8. The van der Waals surface area contributed by atoms with Crippen molar-refractivity contribution < 1.29 is 9.53 Å². The minimum atomic E-state index is -0.478. The Morgan fingerprint density at radius 3 is 2.94 bits per heavy atom. The summed E-state index contributed by atoms with van der Waals surface area (Å²) in [4.78, 5) is 11.2. The summed E-state index contributed by atoms with van der Waals surface area (Å²) >= 11 is 0. The maximum Gasteiger partial charge on any atom is 0.334 e. The van der Waals surface area contributed by atoms with Crippen LogP contribution in [0, 0.1) is 0 Å². The summed E-state index contributed by atoms with van der Waals surface area (Å²) in [6, 6.07) is 9.46. The predicted molar refractivity (Wildman–Crippen MR) is 57.5 cm³/mol. The van der Waals surface area contributed by atoms with Crippen LogP contribution in [0.1, 0.15) is 5.56 Å². The zero-order valence-corrected chi connectivity index (χ0v) is 9.04. The summed E-state index contributed by atoms with van der Waals surface area (Å²) in [5.74, 6) is -0.334. The molecule has 0 saturated heterocycles. The van der Waals surface area contributed by atoms with Crippen molar-refractivity contribution in [2.45, 2.75) is 12.6 Å². The largest absolute Gasteiger partial charge is 0.467 e. The van der Waals surface area contributed by atoms with E-state index in [1.807, 2.05) is 30.3 Å². The third-order valence-electron chi connectivity index (χ3n) is 2.38. The first-order valence-corrected chi connectivity index (χ1v) is 5.07. The van der Waals surface area contributed by atoms with E-state index >= 15 is 0 Å². The van der Waals surface area contributed by atoms with Crippen LogP contribution in [-0.4, -0.2) is 30.7 Å². The van der Waals surface area contributed by atoms with Gasteiger partial charge >= 0.3 is 5.97 Å². The van der Waals surface area contributed by atoms with Gasteiger partial charge < -0.3 is 4.74 Å². The topological polar surface area (TPSA) is 54.3 Å². The molecule has 0 aliphatic carbocycles. The Bertz CT molecular complexity index is 391. The molecule has 1 aromatic carbocycles. The second kappa shape index (κ2) is 4.74. The van der Waals surface area contributed by atoms with Gasteiger partial charge in [0.1, 0.15) is 0 Å². The maximum absolute atomic E-state index is 11.2. The lowest BCUT2D eigenvalue weighted by molar-refractivity contribution is -0.141. The molecular formula is C11H13N3O2. The zero-order chi connectivity index (χ0) is 11.4. The van der Waals surface area contributed by atoms with Gasteiger partial charge in [-0.3, -0.25) is 5.01 Å². The minimum Gasteiger partial charge on any atom is -0.467 e. The van der Waals surface area contributed by atoms with Crippen LogP contribution >= 0.6 is 0 Å². The maximum atomic E-state index is 11.2. The Morgan fingerprint density at radius 2 is 2.25 bits per heavy atom. The Kier molecular flexibility index (Phi) is 3.14. The van der Waals surface area contributed by atoms with Gasteiger partial charge in [-0.2, -0.15) is 5.11 Å². The van der Waals surface area contributed by atoms with E-state index in [9.17, 15) is 4.79 Å². The molecule has 0 amide bonds. The van der Waals surface area contributed by atoms with Crippen molar-refractivity contribution in [1.29, 1.82) is 0 Å². The van der Waals surface area contributed by atoms with Gasteiger partial charge in [-0.05, 0) is 5.56 Å². The summed E-state index contributed by atoms with van der Waals surface area (Å²) in [5, 5.41) is 9.56. The van der Waals surface area contributed by atoms with Gasteiger partial charge in [0.25, 0.3) is 0 Å². The minimum absolute atomic E-state index is 0.334. The number of rotatable bonds is 3. The number of benzene rings is 1. The molecular weight excluding hydrogens is 206 g/mol. The third-order valence-corrected chi connectivity index (χ3v) is 2.38. The van der Waals surface area contributed by atoms with Crippen LogP contribution in [0.3, 0.4) is 0 Å². The van der Waals surface area contributed by atoms with Crippen molar-refractivity contribution in [1.82, 2.24) is 5.01 Å². The highest BCUT2D eigenvalue weighted by Gasteiger charge is 2.26. The molecule has 0 fully saturated rings. The average molecular weight is 219 g/mol. The highest BCUT2D eigenvalue weighted by molar-refractivity contribution is 5.76. The second-order valence-electron chi connectivity index (χ2n) is 3.58. The van der Waals surface area contributed by atoms with Crippen molar-refractivity contribution in [3.05, 3.63) is 35.9 Å². The molecule has 2 rings (SSSR count). The van der Waals surface area contributed by atoms with Crippen LogP contribution < -0.4 is 0 Å². The van der Waals surface area contributed by atoms with Crippen LogP contribution in [0.4, 0.5) is 0 Å². The Hall–Kier alpha value is -1.91. The molecule has 1 aromatic rings. The number of methoxy groups -OCH3 is 1. The summed E-state index contributed by atoms with van der Waals surface area (Å²) in [6.45, 7) is 1.15. The quantitative estimate of drug-likeness (QED) is 0.722. The molecule has 0 radical (unpaired) electrons. The molecule has 0 N–H and O–H groups in total. The molecule has 0 spiro atoms. The van der Waals surface area contributed by atoms with E-state index in [0.717, 1.165) is 5.56 Å². The van der Waals surface area contributed by atoms with Crippen LogP contribution in [0.15, 0.2) is 40.7 Å². The zero-order valence-electron chi connectivity index (χ0n) is 9.04. The van der Waals surface area contributed by atoms with Gasteiger partial charge in [0.15, 0.2) is 6.04 Å². The molecule has 5 nitrogen and oxygen atoms in total. The summed E-state index contributed by atoms with van der Waals surface area (Å²) < 4.78 is 4.61. The smallest absolute Gasteiger partial charge is 0.334 e. The number of hydrogen-bond acceptors (Lipinski definition) is 5. The summed E-state index contributed by atoms with van der Waals surface area (Å²) in [5.41, 5.74) is 1.15. The Morgan fingerprint density at radius 1 is 1.50 bits per heavy atom. The molecule has 1 atom stereocenters. The molecule has 1 unspecified atom stereocenters.